The maximum Gasteiger partial charge on any atom is 0.387 e. The highest BCUT2D eigenvalue weighted by Gasteiger charge is 2.31. The number of carboxylic acids is 1. The normalized spacial score (nSPS) is 18.7. The Morgan fingerprint density at radius 3 is 2.85 bits per heavy atom. The van der Waals surface area contributed by atoms with Gasteiger partial charge in [0.15, 0.2) is 11.5 Å². The number of para-hydroxylation sites is 1. The molecule has 1 unspecified atom stereocenters. The summed E-state index contributed by atoms with van der Waals surface area (Å²) in [4.78, 5) is 10.5. The zero-order valence-corrected chi connectivity index (χ0v) is 7.12. The van der Waals surface area contributed by atoms with Gasteiger partial charge in [-0.1, -0.05) is 17.7 Å². The third-order valence-electron chi connectivity index (χ3n) is 1.59. The van der Waals surface area contributed by atoms with Gasteiger partial charge in [0.1, 0.15) is 0 Å². The first-order chi connectivity index (χ1) is 6.18. The van der Waals surface area contributed by atoms with Crippen LogP contribution in [0, 0.1) is 0 Å². The molecule has 1 atom stereocenters. The Balaban J connectivity index is 2.35. The molecule has 0 saturated heterocycles. The second kappa shape index (κ2) is 2.81. The van der Waals surface area contributed by atoms with E-state index in [0.717, 1.165) is 0 Å². The van der Waals surface area contributed by atoms with Crippen molar-refractivity contribution in [2.24, 2.45) is 0 Å². The molecule has 1 N–H and O–H groups in total. The van der Waals surface area contributed by atoms with Crippen LogP contribution >= 0.6 is 11.6 Å². The molecule has 5 heteroatoms. The first-order valence-corrected chi connectivity index (χ1v) is 3.91. The van der Waals surface area contributed by atoms with Crippen molar-refractivity contribution in [1.29, 1.82) is 0 Å². The molecule has 0 radical (unpaired) electrons. The summed E-state index contributed by atoms with van der Waals surface area (Å²) in [6.45, 7) is 0. The van der Waals surface area contributed by atoms with Crippen molar-refractivity contribution in [2.75, 3.05) is 0 Å². The zero-order valence-electron chi connectivity index (χ0n) is 6.36. The highest BCUT2D eigenvalue weighted by Crippen LogP contribution is 2.40. The number of hydrogen-bond donors (Lipinski definition) is 1. The van der Waals surface area contributed by atoms with E-state index in [-0.39, 0.29) is 5.75 Å². The minimum atomic E-state index is -1.28. The van der Waals surface area contributed by atoms with Gasteiger partial charge < -0.3 is 14.6 Å². The van der Waals surface area contributed by atoms with Crippen molar-refractivity contribution < 1.29 is 19.4 Å². The Morgan fingerprint density at radius 2 is 2.23 bits per heavy atom. The van der Waals surface area contributed by atoms with E-state index in [0.29, 0.717) is 10.8 Å². The SMILES string of the molecule is O=C(O)C1Oc2cccc(Cl)c2O1. The van der Waals surface area contributed by atoms with Crippen LogP contribution in [-0.4, -0.2) is 17.4 Å². The number of carbonyl (C=O) groups is 1. The van der Waals surface area contributed by atoms with Gasteiger partial charge in [0.25, 0.3) is 0 Å². The molecule has 1 aromatic rings. The molecule has 4 nitrogen and oxygen atoms in total. The molecule has 0 aliphatic carbocycles. The number of rotatable bonds is 1. The lowest BCUT2D eigenvalue weighted by atomic mass is 10.3. The Hall–Kier alpha value is -1.42. The molecule has 0 bridgehead atoms. The van der Waals surface area contributed by atoms with E-state index in [1.54, 1.807) is 18.2 Å². The van der Waals surface area contributed by atoms with Crippen molar-refractivity contribution in [3.8, 4) is 11.5 Å². The van der Waals surface area contributed by atoms with Gasteiger partial charge in [0.2, 0.25) is 0 Å². The number of ether oxygens (including phenoxy) is 2. The molecule has 0 spiro atoms. The van der Waals surface area contributed by atoms with Crippen LogP contribution in [0.4, 0.5) is 0 Å². The average molecular weight is 201 g/mol. The fourth-order valence-electron chi connectivity index (χ4n) is 1.04. The molecule has 1 aliphatic heterocycles. The van der Waals surface area contributed by atoms with E-state index in [4.69, 9.17) is 26.2 Å². The molecular weight excluding hydrogens is 196 g/mol. The van der Waals surface area contributed by atoms with E-state index in [2.05, 4.69) is 0 Å². The molecule has 1 aromatic carbocycles. The summed E-state index contributed by atoms with van der Waals surface area (Å²) in [7, 11) is 0. The van der Waals surface area contributed by atoms with Crippen LogP contribution in [0.25, 0.3) is 0 Å². The van der Waals surface area contributed by atoms with Crippen molar-refractivity contribution >= 4 is 17.6 Å². The quantitative estimate of drug-likeness (QED) is 0.747. The Morgan fingerprint density at radius 1 is 1.46 bits per heavy atom. The fourth-order valence-corrected chi connectivity index (χ4v) is 1.25. The predicted molar refractivity (Wildman–Crippen MR) is 44.1 cm³/mol. The maximum absolute atomic E-state index is 10.5. The minimum Gasteiger partial charge on any atom is -0.476 e. The van der Waals surface area contributed by atoms with E-state index in [1.165, 1.54) is 0 Å². The van der Waals surface area contributed by atoms with Crippen molar-refractivity contribution in [1.82, 2.24) is 0 Å². The van der Waals surface area contributed by atoms with Gasteiger partial charge in [0, 0.05) is 0 Å². The summed E-state index contributed by atoms with van der Waals surface area (Å²) < 4.78 is 9.89. The minimum absolute atomic E-state index is 0.288. The van der Waals surface area contributed by atoms with E-state index < -0.39 is 12.3 Å². The molecular formula is C8H5ClO4. The Labute approximate surface area is 78.6 Å². The lowest BCUT2D eigenvalue weighted by molar-refractivity contribution is -0.154. The maximum atomic E-state index is 10.5. The van der Waals surface area contributed by atoms with Crippen molar-refractivity contribution in [3.63, 3.8) is 0 Å². The molecule has 68 valence electrons. The summed E-state index contributed by atoms with van der Waals surface area (Å²) in [6, 6.07) is 4.87. The van der Waals surface area contributed by atoms with E-state index in [1.807, 2.05) is 0 Å². The van der Waals surface area contributed by atoms with Crippen LogP contribution in [0.5, 0.6) is 11.5 Å². The van der Waals surface area contributed by atoms with Crippen LogP contribution < -0.4 is 9.47 Å². The van der Waals surface area contributed by atoms with Crippen molar-refractivity contribution in [2.45, 2.75) is 6.29 Å². The third-order valence-corrected chi connectivity index (χ3v) is 1.89. The zero-order chi connectivity index (χ0) is 9.42. The van der Waals surface area contributed by atoms with Gasteiger partial charge in [-0.3, -0.25) is 0 Å². The topological polar surface area (TPSA) is 55.8 Å². The summed E-state index contributed by atoms with van der Waals surface area (Å²) in [6.07, 6.45) is -1.28. The smallest absolute Gasteiger partial charge is 0.387 e. The van der Waals surface area contributed by atoms with Crippen molar-refractivity contribution in [3.05, 3.63) is 23.2 Å². The summed E-state index contributed by atoms with van der Waals surface area (Å²) in [5.41, 5.74) is 0. The van der Waals surface area contributed by atoms with Gasteiger partial charge in [-0.05, 0) is 12.1 Å². The summed E-state index contributed by atoms with van der Waals surface area (Å²) in [5.74, 6) is -0.524. The second-order valence-corrected chi connectivity index (χ2v) is 2.88. The monoisotopic (exact) mass is 200 g/mol. The molecule has 1 heterocycles. The highest BCUT2D eigenvalue weighted by atomic mass is 35.5. The first-order valence-electron chi connectivity index (χ1n) is 3.53. The molecule has 13 heavy (non-hydrogen) atoms. The fraction of sp³-hybridized carbons (Fsp3) is 0.125. The summed E-state index contributed by atoms with van der Waals surface area (Å²) in [5, 5.41) is 8.93. The van der Waals surface area contributed by atoms with E-state index in [9.17, 15) is 4.79 Å². The average Bonchev–Trinajstić information content (AvgIpc) is 2.49. The molecule has 0 aromatic heterocycles. The predicted octanol–water partition coefficient (Wildman–Crippen LogP) is 1.52. The second-order valence-electron chi connectivity index (χ2n) is 2.47. The molecule has 0 saturated carbocycles. The number of carboxylic acid groups (broad SMARTS) is 1. The number of benzene rings is 1. The van der Waals surface area contributed by atoms with Gasteiger partial charge in [-0.2, -0.15) is 0 Å². The van der Waals surface area contributed by atoms with Gasteiger partial charge >= 0.3 is 12.3 Å². The van der Waals surface area contributed by atoms with Crippen LogP contribution in [0.2, 0.25) is 5.02 Å². The molecule has 2 rings (SSSR count). The van der Waals surface area contributed by atoms with Crippen LogP contribution in [0.3, 0.4) is 0 Å². The largest absolute Gasteiger partial charge is 0.476 e. The lowest BCUT2D eigenvalue weighted by Gasteiger charge is -2.02. The van der Waals surface area contributed by atoms with Gasteiger partial charge in [-0.25, -0.2) is 4.79 Å². The first kappa shape index (κ1) is 8.19. The van der Waals surface area contributed by atoms with E-state index >= 15 is 0 Å². The molecule has 0 fully saturated rings. The number of hydrogen-bond acceptors (Lipinski definition) is 3. The Bertz CT molecular complexity index is 363. The van der Waals surface area contributed by atoms with Crippen LogP contribution in [-0.2, 0) is 4.79 Å². The highest BCUT2D eigenvalue weighted by molar-refractivity contribution is 6.32. The molecule has 1 aliphatic rings. The number of fused-ring (bicyclic) bond motifs is 1. The molecule has 0 amide bonds. The van der Waals surface area contributed by atoms with Crippen LogP contribution in [0.15, 0.2) is 18.2 Å². The third kappa shape index (κ3) is 1.29. The van der Waals surface area contributed by atoms with Gasteiger partial charge in [-0.15, -0.1) is 0 Å². The number of aliphatic carboxylic acids is 1. The Kier molecular flexibility index (Phi) is 1.77. The number of halogens is 1. The lowest BCUT2D eigenvalue weighted by Crippen LogP contribution is -2.28. The van der Waals surface area contributed by atoms with Crippen LogP contribution in [0.1, 0.15) is 0 Å². The summed E-state index contributed by atoms with van der Waals surface area (Å²) >= 11 is 5.74. The van der Waals surface area contributed by atoms with Gasteiger partial charge in [0.05, 0.1) is 5.02 Å². The standard InChI is InChI=1S/C8H5ClO4/c9-4-2-1-3-5-6(4)13-8(12-5)7(10)11/h1-3,8H,(H,10,11).